The van der Waals surface area contributed by atoms with Crippen molar-refractivity contribution in [2.75, 3.05) is 12.4 Å². The predicted octanol–water partition coefficient (Wildman–Crippen LogP) is 2.88. The van der Waals surface area contributed by atoms with Gasteiger partial charge in [-0.1, -0.05) is 42.5 Å². The van der Waals surface area contributed by atoms with E-state index in [1.807, 2.05) is 36.4 Å². The van der Waals surface area contributed by atoms with Crippen LogP contribution in [0.3, 0.4) is 0 Å². The fourth-order valence-electron chi connectivity index (χ4n) is 1.90. The molecule has 0 saturated heterocycles. The lowest BCUT2D eigenvalue weighted by atomic mass is 10.1. The van der Waals surface area contributed by atoms with Gasteiger partial charge in [-0.25, -0.2) is 4.79 Å². The van der Waals surface area contributed by atoms with Crippen LogP contribution in [0, 0.1) is 11.3 Å². The number of rotatable bonds is 4. The Morgan fingerprint density at radius 1 is 1.15 bits per heavy atom. The smallest absolute Gasteiger partial charge is 0.332 e. The summed E-state index contributed by atoms with van der Waals surface area (Å²) in [4.78, 5) is 11.9. The lowest BCUT2D eigenvalue weighted by Gasteiger charge is -2.18. The highest BCUT2D eigenvalue weighted by atomic mass is 16.5. The molecule has 0 heterocycles. The third-order valence-electron chi connectivity index (χ3n) is 2.92. The van der Waals surface area contributed by atoms with Gasteiger partial charge in [-0.3, -0.25) is 0 Å². The number of nitrogens with one attached hydrogen (secondary N) is 1. The molecule has 0 aromatic heterocycles. The van der Waals surface area contributed by atoms with E-state index in [9.17, 15) is 4.79 Å². The molecule has 0 aliphatic rings. The van der Waals surface area contributed by atoms with Crippen molar-refractivity contribution < 1.29 is 9.53 Å². The fourth-order valence-corrected chi connectivity index (χ4v) is 1.90. The molecule has 0 amide bonds. The predicted molar refractivity (Wildman–Crippen MR) is 76.0 cm³/mol. The summed E-state index contributed by atoms with van der Waals surface area (Å²) in [7, 11) is 1.34. The lowest BCUT2D eigenvalue weighted by molar-refractivity contribution is -0.141. The Morgan fingerprint density at radius 3 is 2.45 bits per heavy atom. The van der Waals surface area contributed by atoms with Crippen LogP contribution in [0.5, 0.6) is 0 Å². The molecule has 1 atom stereocenters. The number of esters is 1. The van der Waals surface area contributed by atoms with Gasteiger partial charge in [0.1, 0.15) is 6.07 Å². The maximum absolute atomic E-state index is 11.9. The van der Waals surface area contributed by atoms with E-state index in [0.29, 0.717) is 11.3 Å². The van der Waals surface area contributed by atoms with Crippen molar-refractivity contribution in [2.45, 2.75) is 6.04 Å². The van der Waals surface area contributed by atoms with Crippen molar-refractivity contribution in [3.8, 4) is 6.07 Å². The summed E-state index contributed by atoms with van der Waals surface area (Å²) < 4.78 is 4.83. The first-order valence-electron chi connectivity index (χ1n) is 6.14. The number of benzene rings is 2. The summed E-state index contributed by atoms with van der Waals surface area (Å²) >= 11 is 0. The Labute approximate surface area is 117 Å². The number of anilines is 1. The Hall–Kier alpha value is -2.80. The number of hydrogen-bond acceptors (Lipinski definition) is 4. The van der Waals surface area contributed by atoms with Crippen LogP contribution < -0.4 is 5.32 Å². The number of carbonyl (C=O) groups excluding carboxylic acids is 1. The van der Waals surface area contributed by atoms with Crippen LogP contribution in [0.2, 0.25) is 0 Å². The van der Waals surface area contributed by atoms with Crippen LogP contribution in [-0.4, -0.2) is 13.1 Å². The molecular weight excluding hydrogens is 252 g/mol. The number of nitriles is 1. The molecule has 0 spiro atoms. The van der Waals surface area contributed by atoms with E-state index in [1.165, 1.54) is 7.11 Å². The quantitative estimate of drug-likeness (QED) is 0.864. The topological polar surface area (TPSA) is 62.1 Å². The van der Waals surface area contributed by atoms with E-state index in [1.54, 1.807) is 18.2 Å². The summed E-state index contributed by atoms with van der Waals surface area (Å²) in [5.74, 6) is -0.399. The van der Waals surface area contributed by atoms with Gasteiger partial charge >= 0.3 is 5.97 Å². The molecule has 0 fully saturated rings. The van der Waals surface area contributed by atoms with Gasteiger partial charge in [-0.15, -0.1) is 0 Å². The number of nitrogens with zero attached hydrogens (tertiary/aromatic N) is 1. The van der Waals surface area contributed by atoms with Crippen molar-refractivity contribution in [3.63, 3.8) is 0 Å². The molecule has 0 bridgehead atoms. The van der Waals surface area contributed by atoms with Crippen molar-refractivity contribution in [2.24, 2.45) is 0 Å². The van der Waals surface area contributed by atoms with Gasteiger partial charge in [0, 0.05) is 0 Å². The van der Waals surface area contributed by atoms with E-state index in [-0.39, 0.29) is 0 Å². The third-order valence-corrected chi connectivity index (χ3v) is 2.92. The summed E-state index contributed by atoms with van der Waals surface area (Å²) in [6.45, 7) is 0. The molecule has 2 aromatic rings. The SMILES string of the molecule is COC(=O)C(Nc1ccccc1C#N)c1ccccc1. The minimum atomic E-state index is -0.643. The molecule has 20 heavy (non-hydrogen) atoms. The Bertz CT molecular complexity index is 632. The molecule has 100 valence electrons. The van der Waals surface area contributed by atoms with Gasteiger partial charge < -0.3 is 10.1 Å². The summed E-state index contributed by atoms with van der Waals surface area (Å²) in [5, 5.41) is 12.2. The van der Waals surface area contributed by atoms with Crippen LogP contribution in [0.4, 0.5) is 5.69 Å². The number of hydrogen-bond donors (Lipinski definition) is 1. The van der Waals surface area contributed by atoms with Gasteiger partial charge in [0.2, 0.25) is 0 Å². The number of carbonyl (C=O) groups is 1. The van der Waals surface area contributed by atoms with Gasteiger partial charge in [0.15, 0.2) is 6.04 Å². The van der Waals surface area contributed by atoms with Crippen LogP contribution in [-0.2, 0) is 9.53 Å². The van der Waals surface area contributed by atoms with Crippen molar-refractivity contribution in [3.05, 3.63) is 65.7 Å². The summed E-state index contributed by atoms with van der Waals surface area (Å²) in [5.41, 5.74) is 1.87. The highest BCUT2D eigenvalue weighted by molar-refractivity contribution is 5.81. The molecular formula is C16H14N2O2. The van der Waals surface area contributed by atoms with E-state index in [2.05, 4.69) is 11.4 Å². The van der Waals surface area contributed by atoms with Crippen LogP contribution in [0.15, 0.2) is 54.6 Å². The standard InChI is InChI=1S/C16H14N2O2/c1-20-16(19)15(12-7-3-2-4-8-12)18-14-10-6-5-9-13(14)11-17/h2-10,15,18H,1H3. The number of methoxy groups -OCH3 is 1. The summed E-state index contributed by atoms with van der Waals surface area (Å²) in [6.07, 6.45) is 0. The first kappa shape index (κ1) is 13.6. The average Bonchev–Trinajstić information content (AvgIpc) is 2.53. The Morgan fingerprint density at radius 2 is 1.80 bits per heavy atom. The van der Waals surface area contributed by atoms with Crippen molar-refractivity contribution in [1.29, 1.82) is 5.26 Å². The number of ether oxygens (including phenoxy) is 1. The minimum Gasteiger partial charge on any atom is -0.467 e. The zero-order valence-electron chi connectivity index (χ0n) is 11.0. The Kier molecular flexibility index (Phi) is 4.35. The average molecular weight is 266 g/mol. The second-order valence-corrected chi connectivity index (χ2v) is 4.17. The zero-order valence-corrected chi connectivity index (χ0v) is 11.0. The van der Waals surface area contributed by atoms with Gasteiger partial charge in [0.05, 0.1) is 18.4 Å². The minimum absolute atomic E-state index is 0.399. The second kappa shape index (κ2) is 6.39. The van der Waals surface area contributed by atoms with Crippen LogP contribution in [0.1, 0.15) is 17.2 Å². The van der Waals surface area contributed by atoms with Gasteiger partial charge in [-0.2, -0.15) is 5.26 Å². The first-order chi connectivity index (χ1) is 9.76. The van der Waals surface area contributed by atoms with E-state index >= 15 is 0 Å². The van der Waals surface area contributed by atoms with Gasteiger partial charge in [-0.05, 0) is 17.7 Å². The van der Waals surface area contributed by atoms with E-state index in [0.717, 1.165) is 5.56 Å². The molecule has 1 unspecified atom stereocenters. The van der Waals surface area contributed by atoms with Gasteiger partial charge in [0.25, 0.3) is 0 Å². The maximum atomic E-state index is 11.9. The maximum Gasteiger partial charge on any atom is 0.332 e. The molecule has 0 radical (unpaired) electrons. The normalized spacial score (nSPS) is 11.2. The van der Waals surface area contributed by atoms with E-state index < -0.39 is 12.0 Å². The molecule has 0 saturated carbocycles. The van der Waals surface area contributed by atoms with Crippen molar-refractivity contribution in [1.82, 2.24) is 0 Å². The number of para-hydroxylation sites is 1. The Balaban J connectivity index is 2.34. The summed E-state index contributed by atoms with van der Waals surface area (Å²) in [6, 6.07) is 17.7. The molecule has 0 aliphatic heterocycles. The second-order valence-electron chi connectivity index (χ2n) is 4.17. The highest BCUT2D eigenvalue weighted by Crippen LogP contribution is 2.23. The molecule has 2 aromatic carbocycles. The van der Waals surface area contributed by atoms with Crippen LogP contribution >= 0.6 is 0 Å². The van der Waals surface area contributed by atoms with Crippen molar-refractivity contribution >= 4 is 11.7 Å². The molecule has 2 rings (SSSR count). The third kappa shape index (κ3) is 2.96. The zero-order chi connectivity index (χ0) is 14.4. The highest BCUT2D eigenvalue weighted by Gasteiger charge is 2.21. The largest absolute Gasteiger partial charge is 0.467 e. The lowest BCUT2D eigenvalue weighted by Crippen LogP contribution is -2.22. The first-order valence-corrected chi connectivity index (χ1v) is 6.14. The molecule has 4 nitrogen and oxygen atoms in total. The van der Waals surface area contributed by atoms with Crippen LogP contribution in [0.25, 0.3) is 0 Å². The molecule has 0 aliphatic carbocycles. The molecule has 1 N–H and O–H groups in total. The monoisotopic (exact) mass is 266 g/mol. The molecule has 4 heteroatoms. The van der Waals surface area contributed by atoms with E-state index in [4.69, 9.17) is 10.00 Å². The fraction of sp³-hybridized carbons (Fsp3) is 0.125.